The highest BCUT2D eigenvalue weighted by Gasteiger charge is 2.17. The Labute approximate surface area is 111 Å². The van der Waals surface area contributed by atoms with Crippen molar-refractivity contribution in [1.82, 2.24) is 9.97 Å². The fraction of sp³-hybridized carbons (Fsp3) is 0.714. The standard InChI is InChI=1S/C14H26N4/c1-6-8-12-16-13(15)11(5)14(17-12)18(9-7-2)10(3)4/h10H,6-9H2,1-5H3,(H2,15,16,17). The lowest BCUT2D eigenvalue weighted by molar-refractivity contribution is 0.654. The largest absolute Gasteiger partial charge is 0.383 e. The van der Waals surface area contributed by atoms with E-state index >= 15 is 0 Å². The smallest absolute Gasteiger partial charge is 0.137 e. The number of aryl methyl sites for hydroxylation is 1. The topological polar surface area (TPSA) is 55.0 Å². The van der Waals surface area contributed by atoms with Crippen LogP contribution in [0.25, 0.3) is 0 Å². The first-order chi connectivity index (χ1) is 8.51. The molecule has 0 fully saturated rings. The fourth-order valence-electron chi connectivity index (χ4n) is 2.03. The number of aromatic nitrogens is 2. The van der Waals surface area contributed by atoms with Gasteiger partial charge in [0.15, 0.2) is 0 Å². The minimum Gasteiger partial charge on any atom is -0.383 e. The van der Waals surface area contributed by atoms with E-state index in [1.165, 1.54) is 0 Å². The molecular formula is C14H26N4. The third-order valence-corrected chi connectivity index (χ3v) is 3.04. The van der Waals surface area contributed by atoms with E-state index < -0.39 is 0 Å². The highest BCUT2D eigenvalue weighted by Crippen LogP contribution is 2.24. The van der Waals surface area contributed by atoms with Crippen molar-refractivity contribution in [3.8, 4) is 0 Å². The van der Waals surface area contributed by atoms with E-state index in [2.05, 4.69) is 37.6 Å². The molecule has 0 aliphatic heterocycles. The average Bonchev–Trinajstić information content (AvgIpc) is 2.31. The molecule has 0 aliphatic rings. The lowest BCUT2D eigenvalue weighted by Crippen LogP contribution is -2.33. The molecule has 1 heterocycles. The summed E-state index contributed by atoms with van der Waals surface area (Å²) in [6, 6.07) is 0.424. The Balaban J connectivity index is 3.18. The number of hydrogen-bond acceptors (Lipinski definition) is 4. The quantitative estimate of drug-likeness (QED) is 0.843. The molecule has 1 aromatic heterocycles. The summed E-state index contributed by atoms with van der Waals surface area (Å²) >= 11 is 0. The molecule has 0 aromatic carbocycles. The van der Waals surface area contributed by atoms with E-state index in [0.29, 0.717) is 11.9 Å². The van der Waals surface area contributed by atoms with Crippen molar-refractivity contribution in [2.24, 2.45) is 0 Å². The molecule has 1 aromatic rings. The maximum atomic E-state index is 6.01. The van der Waals surface area contributed by atoms with Crippen LogP contribution in [0.1, 0.15) is 51.9 Å². The minimum absolute atomic E-state index is 0.424. The number of rotatable bonds is 6. The molecule has 4 heteroatoms. The molecule has 102 valence electrons. The molecule has 4 nitrogen and oxygen atoms in total. The lowest BCUT2D eigenvalue weighted by Gasteiger charge is -2.29. The first kappa shape index (κ1) is 14.7. The van der Waals surface area contributed by atoms with Gasteiger partial charge in [-0.2, -0.15) is 0 Å². The van der Waals surface area contributed by atoms with Crippen LogP contribution in [-0.2, 0) is 6.42 Å². The molecular weight excluding hydrogens is 224 g/mol. The molecule has 0 atom stereocenters. The molecule has 0 unspecified atom stereocenters. The Morgan fingerprint density at radius 2 is 1.83 bits per heavy atom. The maximum Gasteiger partial charge on any atom is 0.137 e. The summed E-state index contributed by atoms with van der Waals surface area (Å²) in [7, 11) is 0. The first-order valence-corrected chi connectivity index (χ1v) is 6.90. The number of nitrogen functional groups attached to an aromatic ring is 1. The van der Waals surface area contributed by atoms with Crippen LogP contribution in [0.15, 0.2) is 0 Å². The monoisotopic (exact) mass is 250 g/mol. The van der Waals surface area contributed by atoms with Gasteiger partial charge < -0.3 is 10.6 Å². The van der Waals surface area contributed by atoms with Crippen molar-refractivity contribution in [3.63, 3.8) is 0 Å². The van der Waals surface area contributed by atoms with E-state index in [4.69, 9.17) is 10.7 Å². The van der Waals surface area contributed by atoms with E-state index in [-0.39, 0.29) is 0 Å². The molecule has 0 spiro atoms. The maximum absolute atomic E-state index is 6.01. The van der Waals surface area contributed by atoms with Gasteiger partial charge in [0.2, 0.25) is 0 Å². The van der Waals surface area contributed by atoms with Crippen molar-refractivity contribution in [1.29, 1.82) is 0 Å². The predicted molar refractivity (Wildman–Crippen MR) is 77.9 cm³/mol. The van der Waals surface area contributed by atoms with Crippen molar-refractivity contribution in [2.45, 2.75) is 59.9 Å². The Morgan fingerprint density at radius 3 is 2.33 bits per heavy atom. The van der Waals surface area contributed by atoms with Crippen molar-refractivity contribution < 1.29 is 0 Å². The normalized spacial score (nSPS) is 11.0. The van der Waals surface area contributed by atoms with Crippen LogP contribution in [0.5, 0.6) is 0 Å². The first-order valence-electron chi connectivity index (χ1n) is 6.90. The number of hydrogen-bond donors (Lipinski definition) is 1. The van der Waals surface area contributed by atoms with Gasteiger partial charge >= 0.3 is 0 Å². The van der Waals surface area contributed by atoms with Gasteiger partial charge in [-0.1, -0.05) is 13.8 Å². The summed E-state index contributed by atoms with van der Waals surface area (Å²) in [6.07, 6.45) is 3.03. The van der Waals surface area contributed by atoms with E-state index in [1.807, 2.05) is 6.92 Å². The van der Waals surface area contributed by atoms with Crippen LogP contribution < -0.4 is 10.6 Å². The van der Waals surface area contributed by atoms with E-state index in [1.54, 1.807) is 0 Å². The summed E-state index contributed by atoms with van der Waals surface area (Å²) in [5, 5.41) is 0. The second-order valence-electron chi connectivity index (χ2n) is 5.01. The van der Waals surface area contributed by atoms with Gasteiger partial charge in [-0.3, -0.25) is 0 Å². The molecule has 0 saturated carbocycles. The van der Waals surface area contributed by atoms with Crippen LogP contribution in [0.2, 0.25) is 0 Å². The third kappa shape index (κ3) is 3.34. The molecule has 0 radical (unpaired) electrons. The van der Waals surface area contributed by atoms with Gasteiger partial charge in [-0.05, 0) is 33.6 Å². The number of nitrogens with two attached hydrogens (primary N) is 1. The van der Waals surface area contributed by atoms with Crippen molar-refractivity contribution in [2.75, 3.05) is 17.2 Å². The van der Waals surface area contributed by atoms with E-state index in [9.17, 15) is 0 Å². The SMILES string of the molecule is CCCc1nc(N)c(C)c(N(CCC)C(C)C)n1. The van der Waals surface area contributed by atoms with Gasteiger partial charge in [-0.15, -0.1) is 0 Å². The zero-order valence-corrected chi connectivity index (χ0v) is 12.3. The average molecular weight is 250 g/mol. The lowest BCUT2D eigenvalue weighted by atomic mass is 10.2. The summed E-state index contributed by atoms with van der Waals surface area (Å²) in [5.74, 6) is 2.48. The van der Waals surface area contributed by atoms with Crippen LogP contribution in [0, 0.1) is 6.92 Å². The number of nitrogens with zero attached hydrogens (tertiary/aromatic N) is 3. The molecule has 0 aliphatic carbocycles. The van der Waals surface area contributed by atoms with Crippen LogP contribution in [0.3, 0.4) is 0 Å². The fourth-order valence-corrected chi connectivity index (χ4v) is 2.03. The zero-order valence-electron chi connectivity index (χ0n) is 12.3. The summed E-state index contributed by atoms with van der Waals surface area (Å²) < 4.78 is 0. The Morgan fingerprint density at radius 1 is 1.17 bits per heavy atom. The molecule has 0 bridgehead atoms. The molecule has 1 rings (SSSR count). The van der Waals surface area contributed by atoms with Crippen molar-refractivity contribution >= 4 is 11.6 Å². The van der Waals surface area contributed by atoms with E-state index in [0.717, 1.165) is 43.0 Å². The highest BCUT2D eigenvalue weighted by molar-refractivity contribution is 5.56. The molecule has 0 saturated heterocycles. The third-order valence-electron chi connectivity index (χ3n) is 3.04. The van der Waals surface area contributed by atoms with Crippen LogP contribution in [-0.4, -0.2) is 22.6 Å². The summed E-state index contributed by atoms with van der Waals surface area (Å²) in [4.78, 5) is 11.4. The number of anilines is 2. The summed E-state index contributed by atoms with van der Waals surface area (Å²) in [6.45, 7) is 11.7. The Kier molecular flexibility index (Phi) is 5.38. The minimum atomic E-state index is 0.424. The van der Waals surface area contributed by atoms with Gasteiger partial charge in [0, 0.05) is 24.6 Å². The zero-order chi connectivity index (χ0) is 13.7. The van der Waals surface area contributed by atoms with Gasteiger partial charge in [0.25, 0.3) is 0 Å². The molecule has 18 heavy (non-hydrogen) atoms. The van der Waals surface area contributed by atoms with Gasteiger partial charge in [0.05, 0.1) is 0 Å². The van der Waals surface area contributed by atoms with Gasteiger partial charge in [-0.25, -0.2) is 9.97 Å². The molecule has 2 N–H and O–H groups in total. The van der Waals surface area contributed by atoms with Crippen molar-refractivity contribution in [3.05, 3.63) is 11.4 Å². The van der Waals surface area contributed by atoms with Crippen LogP contribution >= 0.6 is 0 Å². The Bertz CT molecular complexity index is 388. The summed E-state index contributed by atoms with van der Waals surface area (Å²) in [5.41, 5.74) is 7.01. The van der Waals surface area contributed by atoms with Gasteiger partial charge in [0.1, 0.15) is 17.5 Å². The molecule has 0 amide bonds. The second-order valence-corrected chi connectivity index (χ2v) is 5.01. The van der Waals surface area contributed by atoms with Crippen LogP contribution in [0.4, 0.5) is 11.6 Å². The Hall–Kier alpha value is -1.32. The highest BCUT2D eigenvalue weighted by atomic mass is 15.2. The second kappa shape index (κ2) is 6.57. The predicted octanol–water partition coefficient (Wildman–Crippen LogP) is 2.94.